The van der Waals surface area contributed by atoms with Gasteiger partial charge in [0.15, 0.2) is 0 Å². The largest absolute Gasteiger partial charge is 0.491 e. The minimum atomic E-state index is -3.27. The van der Waals surface area contributed by atoms with Crippen LogP contribution >= 0.6 is 7.82 Å². The van der Waals surface area contributed by atoms with E-state index < -0.39 is 7.82 Å². The fourth-order valence-corrected chi connectivity index (χ4v) is 1.19. The SMILES string of the molecule is NOP1(=O)OCCO1. The molecule has 0 saturated carbocycles. The second-order valence-electron chi connectivity index (χ2n) is 1.22. The molecule has 0 aliphatic carbocycles. The van der Waals surface area contributed by atoms with Crippen molar-refractivity contribution in [1.82, 2.24) is 0 Å². The Bertz CT molecular complexity index is 115. The van der Waals surface area contributed by atoms with Gasteiger partial charge in [-0.15, -0.1) is 0 Å². The third-order valence-electron chi connectivity index (χ3n) is 0.711. The Morgan fingerprint density at radius 3 is 2.25 bits per heavy atom. The van der Waals surface area contributed by atoms with Crippen molar-refractivity contribution >= 4 is 7.82 Å². The van der Waals surface area contributed by atoms with Crippen LogP contribution in [0.1, 0.15) is 0 Å². The molecule has 1 rings (SSSR count). The number of rotatable bonds is 1. The standard InChI is InChI=1S/C2H6NO4P/c3-7-8(4)5-1-2-6-8/h1-3H2. The molecule has 5 nitrogen and oxygen atoms in total. The van der Waals surface area contributed by atoms with Crippen LogP contribution in [0, 0.1) is 0 Å². The molecule has 1 fully saturated rings. The second kappa shape index (κ2) is 2.13. The summed E-state index contributed by atoms with van der Waals surface area (Å²) in [6.07, 6.45) is 0. The smallest absolute Gasteiger partial charge is 0.283 e. The van der Waals surface area contributed by atoms with Crippen LogP contribution in [0.15, 0.2) is 0 Å². The number of nitrogens with two attached hydrogens (primary N) is 1. The Balaban J connectivity index is 2.53. The van der Waals surface area contributed by atoms with Gasteiger partial charge < -0.3 is 0 Å². The first-order chi connectivity index (χ1) is 3.77. The summed E-state index contributed by atoms with van der Waals surface area (Å²) in [6, 6.07) is 0. The van der Waals surface area contributed by atoms with Gasteiger partial charge in [-0.1, -0.05) is 0 Å². The van der Waals surface area contributed by atoms with Crippen LogP contribution in [0.25, 0.3) is 0 Å². The highest BCUT2D eigenvalue weighted by Gasteiger charge is 2.30. The average molecular weight is 139 g/mol. The van der Waals surface area contributed by atoms with Crippen molar-refractivity contribution in [2.45, 2.75) is 0 Å². The van der Waals surface area contributed by atoms with Gasteiger partial charge in [-0.25, -0.2) is 15.1 Å². The molecule has 0 amide bonds. The molecule has 0 spiro atoms. The van der Waals surface area contributed by atoms with Gasteiger partial charge in [0.2, 0.25) is 0 Å². The van der Waals surface area contributed by atoms with Crippen LogP contribution in [-0.2, 0) is 18.2 Å². The Labute approximate surface area is 46.3 Å². The van der Waals surface area contributed by atoms with Crippen LogP contribution < -0.4 is 5.90 Å². The van der Waals surface area contributed by atoms with Crippen LogP contribution in [0.2, 0.25) is 0 Å². The highest BCUT2D eigenvalue weighted by molar-refractivity contribution is 7.48. The van der Waals surface area contributed by atoms with Crippen molar-refractivity contribution in [2.24, 2.45) is 5.90 Å². The highest BCUT2D eigenvalue weighted by atomic mass is 31.2. The van der Waals surface area contributed by atoms with Gasteiger partial charge in [0.1, 0.15) is 0 Å². The molecule has 0 radical (unpaired) electrons. The summed E-state index contributed by atoms with van der Waals surface area (Å²) in [5.74, 6) is 4.55. The topological polar surface area (TPSA) is 70.8 Å². The van der Waals surface area contributed by atoms with Crippen molar-refractivity contribution in [2.75, 3.05) is 13.2 Å². The zero-order valence-corrected chi connectivity index (χ0v) is 4.97. The molecule has 1 aliphatic rings. The van der Waals surface area contributed by atoms with E-state index in [1.807, 2.05) is 0 Å². The molecule has 1 aliphatic heterocycles. The lowest BCUT2D eigenvalue weighted by Crippen LogP contribution is -1.95. The lowest BCUT2D eigenvalue weighted by molar-refractivity contribution is 0.194. The van der Waals surface area contributed by atoms with E-state index in [0.29, 0.717) is 0 Å². The molecule has 0 atom stereocenters. The van der Waals surface area contributed by atoms with Gasteiger partial charge in [0, 0.05) is 0 Å². The third-order valence-corrected chi connectivity index (χ3v) is 1.97. The summed E-state index contributed by atoms with van der Waals surface area (Å²) in [4.78, 5) is 0. The molecular weight excluding hydrogens is 133 g/mol. The Kier molecular flexibility index (Phi) is 1.65. The third kappa shape index (κ3) is 1.07. The number of phosphoric acid groups is 1. The number of hydrogen-bond acceptors (Lipinski definition) is 5. The molecular formula is C2H6NO4P. The minimum absolute atomic E-state index is 0.286. The molecule has 2 N–H and O–H groups in total. The van der Waals surface area contributed by atoms with E-state index in [0.717, 1.165) is 0 Å². The first-order valence-corrected chi connectivity index (χ1v) is 3.50. The maximum absolute atomic E-state index is 10.6. The quantitative estimate of drug-likeness (QED) is 0.410. The first kappa shape index (κ1) is 6.19. The molecule has 0 aromatic carbocycles. The summed E-state index contributed by atoms with van der Waals surface area (Å²) < 4.78 is 23.5. The van der Waals surface area contributed by atoms with Crippen molar-refractivity contribution in [3.05, 3.63) is 0 Å². The zero-order chi connectivity index (χ0) is 6.04. The van der Waals surface area contributed by atoms with Gasteiger partial charge in [-0.2, -0.15) is 0 Å². The van der Waals surface area contributed by atoms with Gasteiger partial charge in [-0.3, -0.25) is 9.05 Å². The first-order valence-electron chi connectivity index (χ1n) is 2.04. The molecule has 48 valence electrons. The van der Waals surface area contributed by atoms with Gasteiger partial charge in [-0.05, 0) is 0 Å². The number of hydrogen-bond donors (Lipinski definition) is 1. The van der Waals surface area contributed by atoms with E-state index in [2.05, 4.69) is 19.6 Å². The Morgan fingerprint density at radius 2 is 2.00 bits per heavy atom. The molecule has 1 heterocycles. The predicted molar refractivity (Wildman–Crippen MR) is 24.8 cm³/mol. The van der Waals surface area contributed by atoms with E-state index in [-0.39, 0.29) is 13.2 Å². The van der Waals surface area contributed by atoms with Crippen molar-refractivity contribution in [3.63, 3.8) is 0 Å². The lowest BCUT2D eigenvalue weighted by atomic mass is 10.8. The van der Waals surface area contributed by atoms with Crippen LogP contribution in [0.3, 0.4) is 0 Å². The molecule has 0 bridgehead atoms. The molecule has 0 aromatic rings. The summed E-state index contributed by atoms with van der Waals surface area (Å²) in [7, 11) is -3.27. The fraction of sp³-hybridized carbons (Fsp3) is 1.00. The van der Waals surface area contributed by atoms with E-state index >= 15 is 0 Å². The average Bonchev–Trinajstić information content (AvgIpc) is 2.17. The van der Waals surface area contributed by atoms with E-state index in [4.69, 9.17) is 0 Å². The van der Waals surface area contributed by atoms with Gasteiger partial charge in [0.05, 0.1) is 13.2 Å². The summed E-state index contributed by atoms with van der Waals surface area (Å²) in [6.45, 7) is 0.572. The van der Waals surface area contributed by atoms with E-state index in [9.17, 15) is 4.57 Å². The van der Waals surface area contributed by atoms with Gasteiger partial charge in [0.25, 0.3) is 0 Å². The van der Waals surface area contributed by atoms with Crippen LogP contribution in [0.5, 0.6) is 0 Å². The zero-order valence-electron chi connectivity index (χ0n) is 4.07. The molecule has 0 unspecified atom stereocenters. The van der Waals surface area contributed by atoms with Crippen LogP contribution in [-0.4, -0.2) is 13.2 Å². The van der Waals surface area contributed by atoms with E-state index in [1.54, 1.807) is 0 Å². The Morgan fingerprint density at radius 1 is 1.50 bits per heavy atom. The van der Waals surface area contributed by atoms with Crippen LogP contribution in [0.4, 0.5) is 0 Å². The molecule has 6 heteroatoms. The lowest BCUT2D eigenvalue weighted by Gasteiger charge is -2.01. The maximum atomic E-state index is 10.6. The Hall–Kier alpha value is 0.0700. The highest BCUT2D eigenvalue weighted by Crippen LogP contribution is 2.50. The minimum Gasteiger partial charge on any atom is -0.283 e. The normalized spacial score (nSPS) is 26.1. The molecule has 0 aromatic heterocycles. The summed E-state index contributed by atoms with van der Waals surface area (Å²) >= 11 is 0. The molecule has 1 saturated heterocycles. The predicted octanol–water partition coefficient (Wildman–Crippen LogP) is 0.0316. The van der Waals surface area contributed by atoms with Crippen molar-refractivity contribution in [3.8, 4) is 0 Å². The van der Waals surface area contributed by atoms with Crippen molar-refractivity contribution in [1.29, 1.82) is 0 Å². The van der Waals surface area contributed by atoms with Crippen molar-refractivity contribution < 1.29 is 18.2 Å². The second-order valence-corrected chi connectivity index (χ2v) is 2.84. The maximum Gasteiger partial charge on any atom is 0.491 e. The number of phosphoric ester groups is 1. The van der Waals surface area contributed by atoms with E-state index in [1.165, 1.54) is 0 Å². The fourth-order valence-electron chi connectivity index (χ4n) is 0.396. The van der Waals surface area contributed by atoms with Gasteiger partial charge >= 0.3 is 7.82 Å². The monoisotopic (exact) mass is 139 g/mol. The summed E-state index contributed by atoms with van der Waals surface area (Å²) in [5.41, 5.74) is 0. The summed E-state index contributed by atoms with van der Waals surface area (Å²) in [5, 5.41) is 0. The molecule has 8 heavy (non-hydrogen) atoms.